The number of halogens is 1. The van der Waals surface area contributed by atoms with Crippen LogP contribution in [0.2, 0.25) is 0 Å². The van der Waals surface area contributed by atoms with E-state index in [1.54, 1.807) is 31.4 Å². The van der Waals surface area contributed by atoms with Gasteiger partial charge in [0.25, 0.3) is 0 Å². The third-order valence-corrected chi connectivity index (χ3v) is 3.91. The highest BCUT2D eigenvalue weighted by molar-refractivity contribution is 7.98. The van der Waals surface area contributed by atoms with E-state index in [4.69, 9.17) is 15.7 Å². The summed E-state index contributed by atoms with van der Waals surface area (Å²) >= 11 is 1.43. The highest BCUT2D eigenvalue weighted by atomic mass is 32.2. The number of nitrogens with zero attached hydrogens (tertiary/aromatic N) is 1. The van der Waals surface area contributed by atoms with Crippen molar-refractivity contribution in [2.75, 3.05) is 12.8 Å². The van der Waals surface area contributed by atoms with Gasteiger partial charge in [0.05, 0.1) is 18.7 Å². The molecule has 102 valence electrons. The molecule has 0 aliphatic heterocycles. The van der Waals surface area contributed by atoms with Crippen LogP contribution >= 0.6 is 11.8 Å². The van der Waals surface area contributed by atoms with Crippen molar-refractivity contribution in [1.82, 2.24) is 0 Å². The summed E-state index contributed by atoms with van der Waals surface area (Å²) in [6.07, 6.45) is 0. The Labute approximate surface area is 121 Å². The summed E-state index contributed by atoms with van der Waals surface area (Å²) in [5.74, 6) is 0.773. The first-order chi connectivity index (χ1) is 9.63. The lowest BCUT2D eigenvalue weighted by Crippen LogP contribution is -1.93. The second-order valence-electron chi connectivity index (χ2n) is 4.11. The van der Waals surface area contributed by atoms with Gasteiger partial charge in [-0.25, -0.2) is 4.39 Å². The summed E-state index contributed by atoms with van der Waals surface area (Å²) in [6, 6.07) is 11.7. The fourth-order valence-electron chi connectivity index (χ4n) is 1.66. The van der Waals surface area contributed by atoms with E-state index in [-0.39, 0.29) is 5.82 Å². The average molecular weight is 288 g/mol. The summed E-state index contributed by atoms with van der Waals surface area (Å²) in [7, 11) is 1.58. The van der Waals surface area contributed by atoms with Gasteiger partial charge in [-0.3, -0.25) is 0 Å². The van der Waals surface area contributed by atoms with Crippen LogP contribution in [0.5, 0.6) is 5.75 Å². The molecule has 2 rings (SSSR count). The largest absolute Gasteiger partial charge is 0.497 e. The molecule has 2 N–H and O–H groups in total. The molecule has 0 aromatic heterocycles. The number of benzene rings is 2. The Morgan fingerprint density at radius 2 is 2.10 bits per heavy atom. The SMILES string of the molecule is COc1ccc(N)c(SCc2ccc(C#N)cc2F)c1. The second kappa shape index (κ2) is 6.31. The van der Waals surface area contributed by atoms with Crippen LogP contribution in [0, 0.1) is 17.1 Å². The van der Waals surface area contributed by atoms with Gasteiger partial charge in [0, 0.05) is 16.3 Å². The molecule has 0 heterocycles. The normalized spacial score (nSPS) is 10.1. The maximum atomic E-state index is 13.8. The van der Waals surface area contributed by atoms with Crippen molar-refractivity contribution in [3.63, 3.8) is 0 Å². The van der Waals surface area contributed by atoms with Crippen LogP contribution in [0.25, 0.3) is 0 Å². The van der Waals surface area contributed by atoms with Gasteiger partial charge < -0.3 is 10.5 Å². The molecule has 0 aliphatic carbocycles. The fourth-order valence-corrected chi connectivity index (χ4v) is 2.64. The number of anilines is 1. The molecule has 0 unspecified atom stereocenters. The Bertz CT molecular complexity index is 667. The first kappa shape index (κ1) is 14.2. The van der Waals surface area contributed by atoms with Crippen molar-refractivity contribution >= 4 is 17.4 Å². The van der Waals surface area contributed by atoms with E-state index >= 15 is 0 Å². The van der Waals surface area contributed by atoms with Gasteiger partial charge >= 0.3 is 0 Å². The Kier molecular flexibility index (Phi) is 4.49. The molecule has 0 bridgehead atoms. The molecule has 5 heteroatoms. The third-order valence-electron chi connectivity index (χ3n) is 2.79. The van der Waals surface area contributed by atoms with E-state index < -0.39 is 0 Å². The van der Waals surface area contributed by atoms with Gasteiger partial charge in [-0.1, -0.05) is 6.07 Å². The van der Waals surface area contributed by atoms with Crippen LogP contribution in [-0.2, 0) is 5.75 Å². The Balaban J connectivity index is 2.15. The predicted molar refractivity (Wildman–Crippen MR) is 78.1 cm³/mol. The Morgan fingerprint density at radius 3 is 2.75 bits per heavy atom. The molecule has 0 radical (unpaired) electrons. The molecule has 0 fully saturated rings. The van der Waals surface area contributed by atoms with Gasteiger partial charge in [-0.05, 0) is 35.9 Å². The van der Waals surface area contributed by atoms with Crippen LogP contribution in [0.1, 0.15) is 11.1 Å². The maximum absolute atomic E-state index is 13.8. The van der Waals surface area contributed by atoms with Crippen LogP contribution in [0.15, 0.2) is 41.3 Å². The van der Waals surface area contributed by atoms with Crippen molar-refractivity contribution in [3.8, 4) is 11.8 Å². The van der Waals surface area contributed by atoms with E-state index in [0.717, 1.165) is 4.90 Å². The van der Waals surface area contributed by atoms with Crippen molar-refractivity contribution in [2.45, 2.75) is 10.6 Å². The summed E-state index contributed by atoms with van der Waals surface area (Å²) in [5, 5.41) is 8.70. The minimum Gasteiger partial charge on any atom is -0.497 e. The quantitative estimate of drug-likeness (QED) is 0.690. The molecule has 20 heavy (non-hydrogen) atoms. The average Bonchev–Trinajstić information content (AvgIpc) is 2.47. The standard InChI is InChI=1S/C15H13FN2OS/c1-19-12-4-5-14(18)15(7-12)20-9-11-3-2-10(8-17)6-13(11)16/h2-7H,9,18H2,1H3. The van der Waals surface area contributed by atoms with Crippen molar-refractivity contribution < 1.29 is 9.13 Å². The van der Waals surface area contributed by atoms with E-state index in [1.165, 1.54) is 17.8 Å². The number of nitrogen functional groups attached to an aromatic ring is 1. The minimum atomic E-state index is -0.377. The lowest BCUT2D eigenvalue weighted by atomic mass is 10.1. The third kappa shape index (κ3) is 3.22. The van der Waals surface area contributed by atoms with E-state index in [1.807, 2.05) is 12.1 Å². The number of hydrogen-bond donors (Lipinski definition) is 1. The smallest absolute Gasteiger partial charge is 0.128 e. The minimum absolute atomic E-state index is 0.317. The monoisotopic (exact) mass is 288 g/mol. The topological polar surface area (TPSA) is 59.0 Å². The van der Waals surface area contributed by atoms with Gasteiger partial charge in [0.1, 0.15) is 11.6 Å². The van der Waals surface area contributed by atoms with Crippen molar-refractivity contribution in [2.24, 2.45) is 0 Å². The number of ether oxygens (including phenoxy) is 1. The van der Waals surface area contributed by atoms with Crippen molar-refractivity contribution in [3.05, 3.63) is 53.3 Å². The highest BCUT2D eigenvalue weighted by Gasteiger charge is 2.07. The molecule has 2 aromatic rings. The second-order valence-corrected chi connectivity index (χ2v) is 5.13. The molecule has 0 spiro atoms. The zero-order chi connectivity index (χ0) is 14.5. The zero-order valence-corrected chi connectivity index (χ0v) is 11.7. The van der Waals surface area contributed by atoms with E-state index in [2.05, 4.69) is 0 Å². The number of methoxy groups -OCH3 is 1. The first-order valence-corrected chi connectivity index (χ1v) is 6.87. The molecule has 0 aliphatic rings. The zero-order valence-electron chi connectivity index (χ0n) is 10.9. The number of thioether (sulfide) groups is 1. The molecular weight excluding hydrogens is 275 g/mol. The van der Waals surface area contributed by atoms with Gasteiger partial charge in [-0.2, -0.15) is 5.26 Å². The summed E-state index contributed by atoms with van der Waals surface area (Å²) in [5.41, 5.74) is 7.36. The van der Waals surface area contributed by atoms with Crippen LogP contribution in [0.4, 0.5) is 10.1 Å². The van der Waals surface area contributed by atoms with Gasteiger partial charge in [-0.15, -0.1) is 11.8 Å². The Hall–Kier alpha value is -2.19. The first-order valence-electron chi connectivity index (χ1n) is 5.89. The van der Waals surface area contributed by atoms with E-state index in [0.29, 0.717) is 28.3 Å². The van der Waals surface area contributed by atoms with Crippen molar-refractivity contribution in [1.29, 1.82) is 5.26 Å². The molecular formula is C15H13FN2OS. The molecule has 0 saturated carbocycles. The number of rotatable bonds is 4. The number of nitrogens with two attached hydrogens (primary N) is 1. The summed E-state index contributed by atoms with van der Waals surface area (Å²) < 4.78 is 18.9. The molecule has 0 amide bonds. The maximum Gasteiger partial charge on any atom is 0.128 e. The molecule has 3 nitrogen and oxygen atoms in total. The lowest BCUT2D eigenvalue weighted by molar-refractivity contribution is 0.414. The Morgan fingerprint density at radius 1 is 1.30 bits per heavy atom. The van der Waals surface area contributed by atoms with E-state index in [9.17, 15) is 4.39 Å². The van der Waals surface area contributed by atoms with Gasteiger partial charge in [0.15, 0.2) is 0 Å². The molecule has 0 saturated heterocycles. The van der Waals surface area contributed by atoms with Crippen LogP contribution in [0.3, 0.4) is 0 Å². The van der Waals surface area contributed by atoms with Crippen LogP contribution < -0.4 is 10.5 Å². The van der Waals surface area contributed by atoms with Crippen LogP contribution in [-0.4, -0.2) is 7.11 Å². The fraction of sp³-hybridized carbons (Fsp3) is 0.133. The lowest BCUT2D eigenvalue weighted by Gasteiger charge is -2.08. The van der Waals surface area contributed by atoms with Gasteiger partial charge in [0.2, 0.25) is 0 Å². The summed E-state index contributed by atoms with van der Waals surface area (Å²) in [4.78, 5) is 0.841. The molecule has 0 atom stereocenters. The summed E-state index contributed by atoms with van der Waals surface area (Å²) in [6.45, 7) is 0. The highest BCUT2D eigenvalue weighted by Crippen LogP contribution is 2.32. The molecule has 2 aromatic carbocycles. The predicted octanol–water partition coefficient (Wildman–Crippen LogP) is 3.58. The number of hydrogen-bond acceptors (Lipinski definition) is 4. The number of nitriles is 1.